The summed E-state index contributed by atoms with van der Waals surface area (Å²) in [7, 11) is 0. The van der Waals surface area contributed by atoms with Crippen molar-refractivity contribution in [2.45, 2.75) is 5.92 Å². The number of nitrogens with zero attached hydrogens (tertiary/aromatic N) is 1. The lowest BCUT2D eigenvalue weighted by molar-refractivity contribution is 0.266. The zero-order valence-corrected chi connectivity index (χ0v) is 16.7. The molecule has 1 amide bonds. The van der Waals surface area contributed by atoms with Crippen molar-refractivity contribution in [1.29, 1.82) is 0 Å². The number of rotatable bonds is 4. The molecule has 0 spiro atoms. The highest BCUT2D eigenvalue weighted by atomic mass is 35.5. The number of pyridine rings is 1. The summed E-state index contributed by atoms with van der Waals surface area (Å²) in [5, 5.41) is 7.80. The van der Waals surface area contributed by atoms with Crippen molar-refractivity contribution in [2.24, 2.45) is 11.7 Å². The van der Waals surface area contributed by atoms with E-state index in [1.807, 2.05) is 24.3 Å². The molecule has 0 bridgehead atoms. The fourth-order valence-corrected chi connectivity index (χ4v) is 3.21. The van der Waals surface area contributed by atoms with Gasteiger partial charge in [-0.05, 0) is 47.3 Å². The number of halogens is 4. The molecule has 2 unspecified atom stereocenters. The van der Waals surface area contributed by atoms with Gasteiger partial charge in [-0.25, -0.2) is 4.98 Å². The molecule has 140 valence electrons. The first-order valence-corrected chi connectivity index (χ1v) is 9.34. The molecular formula is C17H18Cl4N4O. The lowest BCUT2D eigenvalue weighted by Gasteiger charge is -2.20. The topological polar surface area (TPSA) is 80.0 Å². The largest absolute Gasteiger partial charge is 0.370 e. The molecule has 1 aliphatic rings. The number of hydrogen-bond donors (Lipinski definition) is 3. The van der Waals surface area contributed by atoms with E-state index in [1.165, 1.54) is 5.56 Å². The summed E-state index contributed by atoms with van der Waals surface area (Å²) in [6.45, 7) is 2.75. The van der Waals surface area contributed by atoms with Crippen LogP contribution in [-0.2, 0) is 0 Å². The second-order valence-corrected chi connectivity index (χ2v) is 7.37. The average Bonchev–Trinajstić information content (AvgIpc) is 3.05. The minimum Gasteiger partial charge on any atom is -0.370 e. The number of nitrogens with one attached hydrogen (secondary N) is 2. The number of amides is 1. The highest BCUT2D eigenvalue weighted by molar-refractivity contribution is 6.62. The maximum Gasteiger partial charge on any atom is 0.311 e. The summed E-state index contributed by atoms with van der Waals surface area (Å²) in [5.41, 5.74) is 5.46. The fraction of sp³-hybridized carbons (Fsp3) is 0.294. The zero-order valence-electron chi connectivity index (χ0n) is 13.7. The van der Waals surface area contributed by atoms with Gasteiger partial charge < -0.3 is 16.4 Å². The van der Waals surface area contributed by atoms with Crippen LogP contribution in [0.5, 0.6) is 0 Å². The van der Waals surface area contributed by atoms with Crippen LogP contribution in [0.2, 0.25) is 15.1 Å². The van der Waals surface area contributed by atoms with Gasteiger partial charge in [-0.15, -0.1) is 0 Å². The van der Waals surface area contributed by atoms with Crippen LogP contribution in [0.3, 0.4) is 0 Å². The number of nitrogens with two attached hydrogens (primary N) is 1. The number of carbonyl (C=O) groups excluding carboxylic acids is 1. The van der Waals surface area contributed by atoms with E-state index in [4.69, 9.17) is 39.6 Å². The van der Waals surface area contributed by atoms with E-state index in [0.29, 0.717) is 26.9 Å². The van der Waals surface area contributed by atoms with Crippen molar-refractivity contribution in [3.63, 3.8) is 0 Å². The number of hydrogen-bond acceptors (Lipinski definition) is 4. The molecule has 1 aliphatic heterocycles. The van der Waals surface area contributed by atoms with Gasteiger partial charge in [0.1, 0.15) is 5.82 Å². The third-order valence-corrected chi connectivity index (χ3v) is 4.95. The number of aromatic nitrogens is 1. The monoisotopic (exact) mass is 434 g/mol. The number of anilines is 1. The van der Waals surface area contributed by atoms with E-state index in [9.17, 15) is 0 Å². The number of primary amides is 1. The lowest BCUT2D eigenvalue weighted by atomic mass is 9.89. The Balaban J connectivity index is 0.000000552. The summed E-state index contributed by atoms with van der Waals surface area (Å²) < 4.78 is 0. The number of carbonyl (C=O) groups is 1. The Morgan fingerprint density at radius 3 is 2.54 bits per heavy atom. The minimum atomic E-state index is -0.861. The molecule has 2 atom stereocenters. The molecule has 2 aromatic rings. The van der Waals surface area contributed by atoms with E-state index >= 15 is 0 Å². The Hall–Kier alpha value is -1.24. The highest BCUT2D eigenvalue weighted by Crippen LogP contribution is 2.32. The van der Waals surface area contributed by atoms with Gasteiger partial charge in [-0.3, -0.25) is 4.79 Å². The Labute approximate surface area is 172 Å². The minimum absolute atomic E-state index is 0.412. The normalized spacial score (nSPS) is 18.8. The highest BCUT2D eigenvalue weighted by Gasteiger charge is 2.28. The second kappa shape index (κ2) is 10.2. The third kappa shape index (κ3) is 6.49. The van der Waals surface area contributed by atoms with Gasteiger partial charge in [0.2, 0.25) is 0 Å². The average molecular weight is 436 g/mol. The maximum atomic E-state index is 8.99. The van der Waals surface area contributed by atoms with Crippen LogP contribution >= 0.6 is 46.4 Å². The first kappa shape index (κ1) is 21.1. The Morgan fingerprint density at radius 2 is 1.92 bits per heavy atom. The molecule has 4 N–H and O–H groups in total. The van der Waals surface area contributed by atoms with E-state index < -0.39 is 5.37 Å². The summed E-state index contributed by atoms with van der Waals surface area (Å²) in [5.74, 6) is 1.72. The van der Waals surface area contributed by atoms with Crippen molar-refractivity contribution in [3.05, 3.63) is 57.2 Å². The van der Waals surface area contributed by atoms with Crippen LogP contribution < -0.4 is 16.4 Å². The molecule has 0 saturated carbocycles. The van der Waals surface area contributed by atoms with Crippen LogP contribution in [0.4, 0.5) is 10.6 Å². The van der Waals surface area contributed by atoms with E-state index in [0.717, 1.165) is 25.5 Å². The molecular weight excluding hydrogens is 418 g/mol. The molecule has 2 heterocycles. The molecule has 1 aromatic heterocycles. The molecule has 26 heavy (non-hydrogen) atoms. The van der Waals surface area contributed by atoms with E-state index in [2.05, 4.69) is 39.0 Å². The van der Waals surface area contributed by atoms with E-state index in [1.54, 1.807) is 6.20 Å². The summed E-state index contributed by atoms with van der Waals surface area (Å²) >= 11 is 22.4. The van der Waals surface area contributed by atoms with Gasteiger partial charge in [-0.1, -0.05) is 40.9 Å². The van der Waals surface area contributed by atoms with Crippen LogP contribution in [0.15, 0.2) is 36.5 Å². The third-order valence-electron chi connectivity index (χ3n) is 3.98. The van der Waals surface area contributed by atoms with Gasteiger partial charge in [0, 0.05) is 31.7 Å². The van der Waals surface area contributed by atoms with Crippen LogP contribution in [0.1, 0.15) is 11.5 Å². The molecule has 5 nitrogen and oxygen atoms in total. The molecule has 0 radical (unpaired) electrons. The van der Waals surface area contributed by atoms with Crippen molar-refractivity contribution >= 4 is 57.6 Å². The SMILES string of the molecule is Clc1ccc(NCC2CNCC2c2ccc(Cl)c(Cl)c2)nc1.NC(=O)Cl. The fourth-order valence-electron chi connectivity index (χ4n) is 2.80. The zero-order chi connectivity index (χ0) is 19.1. The van der Waals surface area contributed by atoms with Gasteiger partial charge in [-0.2, -0.15) is 0 Å². The molecule has 1 aromatic carbocycles. The molecule has 1 fully saturated rings. The molecule has 1 saturated heterocycles. The molecule has 0 aliphatic carbocycles. The Kier molecular flexibility index (Phi) is 8.25. The Bertz CT molecular complexity index is 738. The van der Waals surface area contributed by atoms with Crippen molar-refractivity contribution in [3.8, 4) is 0 Å². The van der Waals surface area contributed by atoms with Gasteiger partial charge in [0.15, 0.2) is 0 Å². The van der Waals surface area contributed by atoms with Crippen LogP contribution in [0.25, 0.3) is 0 Å². The summed E-state index contributed by atoms with van der Waals surface area (Å²) in [4.78, 5) is 13.2. The predicted molar refractivity (Wildman–Crippen MR) is 109 cm³/mol. The van der Waals surface area contributed by atoms with Crippen molar-refractivity contribution in [2.75, 3.05) is 25.0 Å². The standard InChI is InChI=1S/C16H16Cl3N3.CH2ClNO/c17-12-2-4-16(22-8-12)21-7-11-6-20-9-13(11)10-1-3-14(18)15(19)5-10;2-1(3)4/h1-5,8,11,13,20H,6-7,9H2,(H,21,22);(H2,3,4). The van der Waals surface area contributed by atoms with Gasteiger partial charge in [0.25, 0.3) is 0 Å². The quantitative estimate of drug-likeness (QED) is 0.477. The van der Waals surface area contributed by atoms with E-state index in [-0.39, 0.29) is 0 Å². The summed E-state index contributed by atoms with van der Waals surface area (Å²) in [6, 6.07) is 9.61. The van der Waals surface area contributed by atoms with Gasteiger partial charge in [0.05, 0.1) is 15.1 Å². The van der Waals surface area contributed by atoms with Crippen LogP contribution in [0, 0.1) is 5.92 Å². The predicted octanol–water partition coefficient (Wildman–Crippen LogP) is 4.76. The maximum absolute atomic E-state index is 8.99. The number of benzene rings is 1. The lowest BCUT2D eigenvalue weighted by Crippen LogP contribution is -2.21. The summed E-state index contributed by atoms with van der Waals surface area (Å²) in [6.07, 6.45) is 1.65. The first-order chi connectivity index (χ1) is 12.4. The first-order valence-electron chi connectivity index (χ1n) is 7.83. The van der Waals surface area contributed by atoms with Gasteiger partial charge >= 0.3 is 5.37 Å². The van der Waals surface area contributed by atoms with Crippen LogP contribution in [-0.4, -0.2) is 30.0 Å². The second-order valence-electron chi connectivity index (χ2n) is 5.75. The smallest absolute Gasteiger partial charge is 0.311 e. The van der Waals surface area contributed by atoms with Crippen molar-refractivity contribution < 1.29 is 4.79 Å². The Morgan fingerprint density at radius 1 is 1.19 bits per heavy atom. The van der Waals surface area contributed by atoms with Crippen molar-refractivity contribution in [1.82, 2.24) is 10.3 Å². The molecule has 9 heteroatoms. The molecule has 3 rings (SSSR count).